The highest BCUT2D eigenvalue weighted by Crippen LogP contribution is 2.27. The Morgan fingerprint density at radius 1 is 1.39 bits per heavy atom. The number of hydrogen-bond acceptors (Lipinski definition) is 4. The van der Waals surface area contributed by atoms with Crippen LogP contribution >= 0.6 is 0 Å². The number of hydrogen-bond donors (Lipinski definition) is 1. The lowest BCUT2D eigenvalue weighted by Gasteiger charge is -2.32. The van der Waals surface area contributed by atoms with E-state index in [0.717, 1.165) is 18.9 Å². The van der Waals surface area contributed by atoms with Gasteiger partial charge in [-0.15, -0.1) is 0 Å². The highest BCUT2D eigenvalue weighted by Gasteiger charge is 2.20. The number of piperidine rings is 1. The minimum Gasteiger partial charge on any atom is -0.396 e. The molecule has 1 fully saturated rings. The Morgan fingerprint density at radius 2 is 2.06 bits per heavy atom. The van der Waals surface area contributed by atoms with Gasteiger partial charge in [0.1, 0.15) is 5.82 Å². The van der Waals surface area contributed by atoms with E-state index in [1.54, 1.807) is 0 Å². The molecule has 0 bridgehead atoms. The van der Waals surface area contributed by atoms with Gasteiger partial charge in [0.15, 0.2) is 0 Å². The van der Waals surface area contributed by atoms with Gasteiger partial charge in [-0.3, -0.25) is 10.1 Å². The van der Waals surface area contributed by atoms with Crippen molar-refractivity contribution in [3.63, 3.8) is 0 Å². The van der Waals surface area contributed by atoms with Gasteiger partial charge in [0.25, 0.3) is 5.69 Å². The van der Waals surface area contributed by atoms with E-state index in [4.69, 9.17) is 5.11 Å². The molecular weight excluding hydrogens is 239 g/mol. The van der Waals surface area contributed by atoms with Crippen molar-refractivity contribution < 1.29 is 14.4 Å². The van der Waals surface area contributed by atoms with Crippen LogP contribution < -0.4 is 4.90 Å². The zero-order chi connectivity index (χ0) is 13.1. The van der Waals surface area contributed by atoms with Gasteiger partial charge in [0.2, 0.25) is 0 Å². The number of nitro groups is 1. The highest BCUT2D eigenvalue weighted by molar-refractivity contribution is 5.53. The number of rotatable bonds is 3. The summed E-state index contributed by atoms with van der Waals surface area (Å²) in [5.41, 5.74) is 0.312. The van der Waals surface area contributed by atoms with Crippen molar-refractivity contribution in [3.05, 3.63) is 34.1 Å². The molecule has 0 atom stereocenters. The molecule has 0 aromatic heterocycles. The van der Waals surface area contributed by atoms with Crippen LogP contribution in [0, 0.1) is 21.8 Å². The number of benzene rings is 1. The summed E-state index contributed by atoms with van der Waals surface area (Å²) in [6, 6.07) is 3.62. The Balaban J connectivity index is 2.16. The molecule has 0 saturated carbocycles. The molecule has 1 aromatic rings. The van der Waals surface area contributed by atoms with Gasteiger partial charge in [-0.2, -0.15) is 0 Å². The fourth-order valence-electron chi connectivity index (χ4n) is 2.22. The third-order valence-electron chi connectivity index (χ3n) is 3.32. The average Bonchev–Trinajstić information content (AvgIpc) is 2.38. The van der Waals surface area contributed by atoms with Gasteiger partial charge in [0, 0.05) is 31.5 Å². The zero-order valence-electron chi connectivity index (χ0n) is 9.88. The van der Waals surface area contributed by atoms with E-state index in [-0.39, 0.29) is 18.2 Å². The average molecular weight is 254 g/mol. The Kier molecular flexibility index (Phi) is 3.76. The third-order valence-corrected chi connectivity index (χ3v) is 3.32. The van der Waals surface area contributed by atoms with Crippen LogP contribution in [0.15, 0.2) is 18.2 Å². The summed E-state index contributed by atoms with van der Waals surface area (Å²) in [7, 11) is 0. The molecule has 0 spiro atoms. The molecule has 1 aliphatic heterocycles. The maximum absolute atomic E-state index is 13.3. The molecular formula is C12H15FN2O3. The molecule has 1 aliphatic rings. The van der Waals surface area contributed by atoms with Crippen molar-refractivity contribution in [2.45, 2.75) is 12.8 Å². The van der Waals surface area contributed by atoms with E-state index >= 15 is 0 Å². The van der Waals surface area contributed by atoms with E-state index in [1.807, 2.05) is 4.90 Å². The number of nitro benzene ring substituents is 1. The lowest BCUT2D eigenvalue weighted by molar-refractivity contribution is -0.385. The summed E-state index contributed by atoms with van der Waals surface area (Å²) in [4.78, 5) is 12.0. The fourth-order valence-corrected chi connectivity index (χ4v) is 2.22. The van der Waals surface area contributed by atoms with Gasteiger partial charge in [-0.05, 0) is 24.8 Å². The first-order chi connectivity index (χ1) is 8.60. The third kappa shape index (κ3) is 2.76. The van der Waals surface area contributed by atoms with Crippen LogP contribution in [0.4, 0.5) is 15.8 Å². The minimum absolute atomic E-state index is 0.164. The second-order valence-corrected chi connectivity index (χ2v) is 4.54. The number of aliphatic hydroxyl groups is 1. The normalized spacial score (nSPS) is 16.9. The number of non-ortho nitro benzene ring substituents is 1. The van der Waals surface area contributed by atoms with Crippen molar-refractivity contribution >= 4 is 11.4 Å². The van der Waals surface area contributed by atoms with Gasteiger partial charge in [0.05, 0.1) is 11.0 Å². The molecule has 2 rings (SSSR count). The molecule has 1 aromatic carbocycles. The SMILES string of the molecule is O=[N+]([O-])c1cc(F)cc(N2CCC(CO)CC2)c1. The lowest BCUT2D eigenvalue weighted by atomic mass is 9.97. The van der Waals surface area contributed by atoms with Crippen molar-refractivity contribution in [1.82, 2.24) is 0 Å². The number of aliphatic hydroxyl groups excluding tert-OH is 1. The highest BCUT2D eigenvalue weighted by atomic mass is 19.1. The summed E-state index contributed by atoms with van der Waals surface area (Å²) >= 11 is 0. The predicted octanol–water partition coefficient (Wildman–Crippen LogP) is 1.94. The molecule has 1 N–H and O–H groups in total. The first-order valence-corrected chi connectivity index (χ1v) is 5.91. The molecule has 1 heterocycles. The monoisotopic (exact) mass is 254 g/mol. The molecule has 0 radical (unpaired) electrons. The van der Waals surface area contributed by atoms with Crippen molar-refractivity contribution in [2.24, 2.45) is 5.92 Å². The van der Waals surface area contributed by atoms with E-state index in [9.17, 15) is 14.5 Å². The van der Waals surface area contributed by atoms with Gasteiger partial charge >= 0.3 is 0 Å². The summed E-state index contributed by atoms with van der Waals surface area (Å²) in [5.74, 6) is -0.312. The number of nitrogens with zero attached hydrogens (tertiary/aromatic N) is 2. The smallest absolute Gasteiger partial charge is 0.274 e. The Hall–Kier alpha value is -1.69. The first-order valence-electron chi connectivity index (χ1n) is 5.91. The van der Waals surface area contributed by atoms with Crippen LogP contribution in [0.25, 0.3) is 0 Å². The number of anilines is 1. The summed E-state index contributed by atoms with van der Waals surface area (Å²) in [6.45, 7) is 1.54. The number of halogens is 1. The van der Waals surface area contributed by atoms with Crippen molar-refractivity contribution in [3.8, 4) is 0 Å². The zero-order valence-corrected chi connectivity index (χ0v) is 9.88. The molecule has 6 heteroatoms. The van der Waals surface area contributed by atoms with Gasteiger partial charge < -0.3 is 10.0 Å². The second kappa shape index (κ2) is 5.30. The molecule has 5 nitrogen and oxygen atoms in total. The van der Waals surface area contributed by atoms with E-state index < -0.39 is 10.7 Å². The van der Waals surface area contributed by atoms with E-state index in [2.05, 4.69) is 0 Å². The fraction of sp³-hybridized carbons (Fsp3) is 0.500. The quantitative estimate of drug-likeness (QED) is 0.661. The topological polar surface area (TPSA) is 66.6 Å². The Bertz CT molecular complexity index is 445. The molecule has 0 aliphatic carbocycles. The maximum Gasteiger partial charge on any atom is 0.274 e. The summed E-state index contributed by atoms with van der Waals surface area (Å²) in [6.07, 6.45) is 1.64. The van der Waals surface area contributed by atoms with Crippen molar-refractivity contribution in [1.29, 1.82) is 0 Å². The Labute approximate surface area is 104 Å². The molecule has 18 heavy (non-hydrogen) atoms. The molecule has 0 unspecified atom stereocenters. The summed E-state index contributed by atoms with van der Waals surface area (Å²) in [5, 5.41) is 19.7. The maximum atomic E-state index is 13.3. The van der Waals surface area contributed by atoms with Crippen LogP contribution in [-0.4, -0.2) is 29.7 Å². The summed E-state index contributed by atoms with van der Waals surface area (Å²) < 4.78 is 13.3. The van der Waals surface area contributed by atoms with Gasteiger partial charge in [-0.25, -0.2) is 4.39 Å². The van der Waals surface area contributed by atoms with Crippen LogP contribution in [0.1, 0.15) is 12.8 Å². The standard InChI is InChI=1S/C12H15FN2O3/c13-10-5-11(7-12(6-10)15(17)18)14-3-1-9(8-16)2-4-14/h5-7,9,16H,1-4,8H2. The first kappa shape index (κ1) is 12.8. The minimum atomic E-state index is -0.594. The molecule has 0 amide bonds. The second-order valence-electron chi connectivity index (χ2n) is 4.54. The van der Waals surface area contributed by atoms with E-state index in [1.165, 1.54) is 12.1 Å². The van der Waals surface area contributed by atoms with Crippen LogP contribution in [0.3, 0.4) is 0 Å². The lowest BCUT2D eigenvalue weighted by Crippen LogP contribution is -2.34. The largest absolute Gasteiger partial charge is 0.396 e. The van der Waals surface area contributed by atoms with E-state index in [0.29, 0.717) is 18.8 Å². The Morgan fingerprint density at radius 3 is 2.61 bits per heavy atom. The van der Waals surface area contributed by atoms with Crippen LogP contribution in [-0.2, 0) is 0 Å². The predicted molar refractivity (Wildman–Crippen MR) is 65.1 cm³/mol. The molecule has 98 valence electrons. The van der Waals surface area contributed by atoms with Gasteiger partial charge in [-0.1, -0.05) is 0 Å². The van der Waals surface area contributed by atoms with Crippen molar-refractivity contribution in [2.75, 3.05) is 24.6 Å². The van der Waals surface area contributed by atoms with Crippen LogP contribution in [0.5, 0.6) is 0 Å². The van der Waals surface area contributed by atoms with Crippen LogP contribution in [0.2, 0.25) is 0 Å². The molecule has 1 saturated heterocycles.